The van der Waals surface area contributed by atoms with Crippen LogP contribution in [0.15, 0.2) is 78.0 Å². The average molecular weight is 391 g/mol. The minimum Gasteiger partial charge on any atom is -0.493 e. The molecule has 3 rings (SSSR count). The summed E-state index contributed by atoms with van der Waals surface area (Å²) >= 11 is 0. The van der Waals surface area contributed by atoms with Gasteiger partial charge in [-0.25, -0.2) is 4.79 Å². The van der Waals surface area contributed by atoms with Crippen LogP contribution in [0.3, 0.4) is 0 Å². The van der Waals surface area contributed by atoms with E-state index in [2.05, 4.69) is 5.16 Å². The Hall–Kier alpha value is -3.80. The molecule has 0 aliphatic rings. The number of nitrogens with zero attached hydrogens (tertiary/aromatic N) is 1. The number of hydrogen-bond acceptors (Lipinski definition) is 5. The van der Waals surface area contributed by atoms with Crippen molar-refractivity contribution in [2.45, 2.75) is 13.2 Å². The van der Waals surface area contributed by atoms with Gasteiger partial charge in [-0.15, -0.1) is 0 Å². The molecule has 0 aliphatic carbocycles. The van der Waals surface area contributed by atoms with Gasteiger partial charge in [0.25, 0.3) is 0 Å². The molecule has 0 spiro atoms. The van der Waals surface area contributed by atoms with E-state index in [1.165, 1.54) is 0 Å². The first-order valence-electron chi connectivity index (χ1n) is 8.98. The monoisotopic (exact) mass is 391 g/mol. The zero-order valence-electron chi connectivity index (χ0n) is 15.9. The number of carboxylic acid groups (broad SMARTS) is 1. The van der Waals surface area contributed by atoms with Gasteiger partial charge in [0, 0.05) is 5.56 Å². The Balaban J connectivity index is 1.57. The number of rotatable bonds is 9. The van der Waals surface area contributed by atoms with Gasteiger partial charge in [0.05, 0.1) is 18.9 Å². The maximum atomic E-state index is 10.9. The van der Waals surface area contributed by atoms with Crippen molar-refractivity contribution in [2.24, 2.45) is 5.16 Å². The zero-order chi connectivity index (χ0) is 20.5. The molecule has 0 unspecified atom stereocenters. The Bertz CT molecular complexity index is 968. The van der Waals surface area contributed by atoms with Crippen LogP contribution in [0.2, 0.25) is 0 Å². The Kier molecular flexibility index (Phi) is 6.84. The Morgan fingerprint density at radius 1 is 0.931 bits per heavy atom. The van der Waals surface area contributed by atoms with Crippen molar-refractivity contribution in [3.05, 3.63) is 95.1 Å². The third-order valence-corrected chi connectivity index (χ3v) is 4.13. The molecule has 0 aromatic heterocycles. The van der Waals surface area contributed by atoms with Crippen LogP contribution in [0, 0.1) is 0 Å². The highest BCUT2D eigenvalue weighted by Gasteiger charge is 2.07. The number of aromatic carboxylic acids is 1. The molecule has 0 amide bonds. The van der Waals surface area contributed by atoms with E-state index >= 15 is 0 Å². The predicted octanol–water partition coefficient (Wildman–Crippen LogP) is 4.52. The van der Waals surface area contributed by atoms with E-state index in [1.54, 1.807) is 49.7 Å². The van der Waals surface area contributed by atoms with Gasteiger partial charge in [0.1, 0.15) is 13.2 Å². The predicted molar refractivity (Wildman–Crippen MR) is 110 cm³/mol. The van der Waals surface area contributed by atoms with E-state index in [0.29, 0.717) is 24.7 Å². The Labute approximate surface area is 169 Å². The first-order valence-corrected chi connectivity index (χ1v) is 8.98. The largest absolute Gasteiger partial charge is 0.493 e. The van der Waals surface area contributed by atoms with Crippen molar-refractivity contribution in [3.8, 4) is 11.5 Å². The molecule has 0 saturated heterocycles. The molecule has 1 N–H and O–H groups in total. The fourth-order valence-electron chi connectivity index (χ4n) is 2.57. The van der Waals surface area contributed by atoms with Gasteiger partial charge in [0.2, 0.25) is 0 Å². The lowest BCUT2D eigenvalue weighted by Crippen LogP contribution is -2.00. The molecule has 0 radical (unpaired) electrons. The van der Waals surface area contributed by atoms with E-state index in [4.69, 9.17) is 19.4 Å². The maximum absolute atomic E-state index is 10.9. The number of oxime groups is 1. The second-order valence-electron chi connectivity index (χ2n) is 6.19. The lowest BCUT2D eigenvalue weighted by atomic mass is 10.1. The van der Waals surface area contributed by atoms with E-state index in [0.717, 1.165) is 16.7 Å². The molecule has 6 heteroatoms. The molecule has 0 bridgehead atoms. The lowest BCUT2D eigenvalue weighted by molar-refractivity contribution is 0.0697. The SMILES string of the molecule is COc1cc(/C=N/OCc2ccccc2)ccc1OCc1ccc(C(=O)O)cc1. The first kappa shape index (κ1) is 19.9. The van der Waals surface area contributed by atoms with Crippen LogP contribution in [-0.2, 0) is 18.1 Å². The van der Waals surface area contributed by atoms with Gasteiger partial charge in [0.15, 0.2) is 11.5 Å². The third-order valence-electron chi connectivity index (χ3n) is 4.13. The normalized spacial score (nSPS) is 10.7. The molecule has 0 fully saturated rings. The Morgan fingerprint density at radius 2 is 1.66 bits per heavy atom. The highest BCUT2D eigenvalue weighted by atomic mass is 16.6. The summed E-state index contributed by atoms with van der Waals surface area (Å²) in [4.78, 5) is 16.2. The first-order chi connectivity index (χ1) is 14.2. The van der Waals surface area contributed by atoms with Crippen LogP contribution in [0.4, 0.5) is 0 Å². The molecule has 0 heterocycles. The number of carbonyl (C=O) groups is 1. The number of carboxylic acids is 1. The smallest absolute Gasteiger partial charge is 0.335 e. The van der Waals surface area contributed by atoms with E-state index < -0.39 is 5.97 Å². The summed E-state index contributed by atoms with van der Waals surface area (Å²) in [5.74, 6) is 0.195. The molecule has 0 atom stereocenters. The summed E-state index contributed by atoms with van der Waals surface area (Å²) in [6.45, 7) is 0.695. The van der Waals surface area contributed by atoms with Crippen LogP contribution >= 0.6 is 0 Å². The van der Waals surface area contributed by atoms with Crippen molar-refractivity contribution in [1.29, 1.82) is 0 Å². The van der Waals surface area contributed by atoms with E-state index in [1.807, 2.05) is 36.4 Å². The van der Waals surface area contributed by atoms with Gasteiger partial charge in [-0.2, -0.15) is 0 Å². The second-order valence-corrected chi connectivity index (χ2v) is 6.19. The summed E-state index contributed by atoms with van der Waals surface area (Å²) in [5.41, 5.74) is 2.96. The lowest BCUT2D eigenvalue weighted by Gasteiger charge is -2.11. The minimum absolute atomic E-state index is 0.240. The molecule has 29 heavy (non-hydrogen) atoms. The van der Waals surface area contributed by atoms with Crippen molar-refractivity contribution in [1.82, 2.24) is 0 Å². The van der Waals surface area contributed by atoms with Gasteiger partial charge < -0.3 is 19.4 Å². The third kappa shape index (κ3) is 5.84. The van der Waals surface area contributed by atoms with Crippen molar-refractivity contribution in [3.63, 3.8) is 0 Å². The van der Waals surface area contributed by atoms with E-state index in [9.17, 15) is 4.79 Å². The standard InChI is InChI=1S/C23H21NO5/c1-27-22-13-19(14-24-29-16-17-5-3-2-4-6-17)9-12-21(22)28-15-18-7-10-20(11-8-18)23(25)26/h2-14H,15-16H2,1H3,(H,25,26)/b24-14+. The van der Waals surface area contributed by atoms with Crippen molar-refractivity contribution < 1.29 is 24.2 Å². The van der Waals surface area contributed by atoms with Gasteiger partial charge in [-0.1, -0.05) is 47.6 Å². The fraction of sp³-hybridized carbons (Fsp3) is 0.130. The topological polar surface area (TPSA) is 77.3 Å². The van der Waals surface area contributed by atoms with E-state index in [-0.39, 0.29) is 5.56 Å². The van der Waals surface area contributed by atoms with Crippen LogP contribution in [0.5, 0.6) is 11.5 Å². The van der Waals surface area contributed by atoms with Gasteiger partial charge in [-0.05, 0) is 41.5 Å². The highest BCUT2D eigenvalue weighted by Crippen LogP contribution is 2.28. The van der Waals surface area contributed by atoms with Crippen LogP contribution in [0.1, 0.15) is 27.0 Å². The number of hydrogen-bond donors (Lipinski definition) is 1. The molecule has 0 aliphatic heterocycles. The molecule has 6 nitrogen and oxygen atoms in total. The van der Waals surface area contributed by atoms with Gasteiger partial charge >= 0.3 is 5.97 Å². The number of ether oxygens (including phenoxy) is 2. The van der Waals surface area contributed by atoms with Crippen molar-refractivity contribution >= 4 is 12.2 Å². The summed E-state index contributed by atoms with van der Waals surface area (Å²) in [7, 11) is 1.57. The fourth-order valence-corrected chi connectivity index (χ4v) is 2.57. The second kappa shape index (κ2) is 9.94. The average Bonchev–Trinajstić information content (AvgIpc) is 2.76. The molecule has 3 aromatic carbocycles. The van der Waals surface area contributed by atoms with Gasteiger partial charge in [-0.3, -0.25) is 0 Å². The summed E-state index contributed by atoms with van der Waals surface area (Å²) in [6.07, 6.45) is 1.61. The molecular weight excluding hydrogens is 370 g/mol. The maximum Gasteiger partial charge on any atom is 0.335 e. The van der Waals surface area contributed by atoms with Crippen LogP contribution in [-0.4, -0.2) is 24.4 Å². The molecule has 0 saturated carbocycles. The summed E-state index contributed by atoms with van der Waals surface area (Å²) < 4.78 is 11.2. The summed E-state index contributed by atoms with van der Waals surface area (Å²) in [5, 5.41) is 12.9. The molecule has 148 valence electrons. The van der Waals surface area contributed by atoms with Crippen LogP contribution in [0.25, 0.3) is 0 Å². The number of benzene rings is 3. The van der Waals surface area contributed by atoms with Crippen molar-refractivity contribution in [2.75, 3.05) is 7.11 Å². The Morgan fingerprint density at radius 3 is 2.34 bits per heavy atom. The minimum atomic E-state index is -0.955. The quantitative estimate of drug-likeness (QED) is 0.429. The zero-order valence-corrected chi connectivity index (χ0v) is 15.9. The van der Waals surface area contributed by atoms with Crippen LogP contribution < -0.4 is 9.47 Å². The summed E-state index contributed by atoms with van der Waals surface area (Å²) in [6, 6.07) is 21.8. The molecule has 3 aromatic rings. The highest BCUT2D eigenvalue weighted by molar-refractivity contribution is 5.87. The number of methoxy groups -OCH3 is 1. The molecular formula is C23H21NO5.